The van der Waals surface area contributed by atoms with Crippen molar-refractivity contribution in [3.05, 3.63) is 63.9 Å². The van der Waals surface area contributed by atoms with Crippen molar-refractivity contribution in [2.75, 3.05) is 0 Å². The lowest BCUT2D eigenvalue weighted by Crippen LogP contribution is -2.20. The maximum absolute atomic E-state index is 6.25. The first-order valence-corrected chi connectivity index (χ1v) is 7.03. The molecule has 0 fully saturated rings. The largest absolute Gasteiger partial charge is 0.306 e. The van der Waals surface area contributed by atoms with E-state index in [-0.39, 0.29) is 6.04 Å². The van der Waals surface area contributed by atoms with Gasteiger partial charge in [0.25, 0.3) is 0 Å². The molecule has 1 heterocycles. The van der Waals surface area contributed by atoms with Crippen molar-refractivity contribution in [1.29, 1.82) is 0 Å². The van der Waals surface area contributed by atoms with Gasteiger partial charge >= 0.3 is 0 Å². The summed E-state index contributed by atoms with van der Waals surface area (Å²) >= 11 is 12.2. The van der Waals surface area contributed by atoms with Crippen LogP contribution in [0.25, 0.3) is 0 Å². The van der Waals surface area contributed by atoms with Crippen LogP contribution in [-0.2, 0) is 6.54 Å². The molecule has 0 aliphatic carbocycles. The second-order valence-electron chi connectivity index (χ2n) is 4.36. The number of rotatable bonds is 5. The number of hydrogen-bond acceptors (Lipinski definition) is 2. The Morgan fingerprint density at radius 3 is 2.53 bits per heavy atom. The lowest BCUT2D eigenvalue weighted by Gasteiger charge is -2.19. The smallest absolute Gasteiger partial charge is 0.0468 e. The second kappa shape index (κ2) is 6.90. The predicted molar refractivity (Wildman–Crippen MR) is 80.6 cm³/mol. The number of halogens is 2. The minimum Gasteiger partial charge on any atom is -0.306 e. The highest BCUT2D eigenvalue weighted by Gasteiger charge is 2.12. The average Bonchev–Trinajstić information content (AvgIpc) is 2.42. The van der Waals surface area contributed by atoms with Crippen LogP contribution >= 0.6 is 23.2 Å². The first-order chi connectivity index (χ1) is 9.20. The number of benzene rings is 1. The molecule has 0 spiro atoms. The Hall–Kier alpha value is -1.09. The Balaban J connectivity index is 2.08. The summed E-state index contributed by atoms with van der Waals surface area (Å²) in [4.78, 5) is 4.01. The molecule has 2 aromatic rings. The van der Waals surface area contributed by atoms with Gasteiger partial charge < -0.3 is 5.32 Å². The van der Waals surface area contributed by atoms with Gasteiger partial charge in [0.05, 0.1) is 0 Å². The van der Waals surface area contributed by atoms with Gasteiger partial charge in [-0.25, -0.2) is 0 Å². The zero-order valence-corrected chi connectivity index (χ0v) is 12.2. The van der Waals surface area contributed by atoms with Gasteiger partial charge in [-0.15, -0.1) is 0 Å². The summed E-state index contributed by atoms with van der Waals surface area (Å²) in [7, 11) is 0. The third-order valence-corrected chi connectivity index (χ3v) is 3.61. The van der Waals surface area contributed by atoms with E-state index in [4.69, 9.17) is 23.2 Å². The zero-order valence-electron chi connectivity index (χ0n) is 10.7. The molecule has 2 rings (SSSR count). The molecule has 1 unspecified atom stereocenters. The normalized spacial score (nSPS) is 12.4. The molecule has 0 saturated heterocycles. The quantitative estimate of drug-likeness (QED) is 0.870. The zero-order chi connectivity index (χ0) is 13.7. The van der Waals surface area contributed by atoms with Gasteiger partial charge in [0.1, 0.15) is 0 Å². The Morgan fingerprint density at radius 2 is 1.89 bits per heavy atom. The third-order valence-electron chi connectivity index (χ3n) is 3.05. The minimum absolute atomic E-state index is 0.220. The van der Waals surface area contributed by atoms with Crippen LogP contribution in [0.2, 0.25) is 10.0 Å². The van der Waals surface area contributed by atoms with E-state index >= 15 is 0 Å². The highest BCUT2D eigenvalue weighted by atomic mass is 35.5. The molecular weight excluding hydrogens is 279 g/mol. The lowest BCUT2D eigenvalue weighted by molar-refractivity contribution is 0.519. The summed E-state index contributed by atoms with van der Waals surface area (Å²) in [5.41, 5.74) is 2.29. The van der Waals surface area contributed by atoms with Crippen molar-refractivity contribution in [1.82, 2.24) is 10.3 Å². The van der Waals surface area contributed by atoms with Crippen molar-refractivity contribution < 1.29 is 0 Å². The van der Waals surface area contributed by atoms with Gasteiger partial charge in [-0.2, -0.15) is 0 Å². The molecule has 4 heteroatoms. The summed E-state index contributed by atoms with van der Waals surface area (Å²) in [5.74, 6) is 0. The van der Waals surface area contributed by atoms with Crippen LogP contribution < -0.4 is 5.32 Å². The van der Waals surface area contributed by atoms with Gasteiger partial charge in [0.2, 0.25) is 0 Å². The van der Waals surface area contributed by atoms with E-state index in [2.05, 4.69) is 17.2 Å². The number of nitrogens with zero attached hydrogens (tertiary/aromatic N) is 1. The molecule has 1 N–H and O–H groups in total. The topological polar surface area (TPSA) is 24.9 Å². The summed E-state index contributed by atoms with van der Waals surface area (Å²) in [5, 5.41) is 4.88. The Kier molecular flexibility index (Phi) is 5.20. The van der Waals surface area contributed by atoms with Crippen molar-refractivity contribution in [2.24, 2.45) is 0 Å². The molecule has 1 aromatic heterocycles. The molecule has 1 atom stereocenters. The summed E-state index contributed by atoms with van der Waals surface area (Å²) < 4.78 is 0. The number of aromatic nitrogens is 1. The van der Waals surface area contributed by atoms with Crippen LogP contribution in [0.1, 0.15) is 30.5 Å². The van der Waals surface area contributed by atoms with E-state index in [0.29, 0.717) is 10.0 Å². The van der Waals surface area contributed by atoms with E-state index in [1.54, 1.807) is 18.5 Å². The molecule has 0 amide bonds. The summed E-state index contributed by atoms with van der Waals surface area (Å²) in [6.07, 6.45) is 4.56. The van der Waals surface area contributed by atoms with E-state index in [1.165, 1.54) is 5.56 Å². The van der Waals surface area contributed by atoms with Crippen molar-refractivity contribution >= 4 is 23.2 Å². The Bertz CT molecular complexity index is 529. The molecule has 0 saturated carbocycles. The minimum atomic E-state index is 0.220. The molecule has 2 nitrogen and oxygen atoms in total. The molecule has 1 aromatic carbocycles. The maximum Gasteiger partial charge on any atom is 0.0468 e. The fourth-order valence-electron chi connectivity index (χ4n) is 2.00. The summed E-state index contributed by atoms with van der Waals surface area (Å²) in [6.45, 7) is 2.93. The molecule has 19 heavy (non-hydrogen) atoms. The van der Waals surface area contributed by atoms with Gasteiger partial charge in [-0.1, -0.05) is 36.2 Å². The molecular formula is C15H16Cl2N2. The molecule has 100 valence electrons. The SMILES string of the molecule is CCC(NCc1ccncc1)c1ccc(Cl)cc1Cl. The first-order valence-electron chi connectivity index (χ1n) is 6.28. The highest BCUT2D eigenvalue weighted by molar-refractivity contribution is 6.35. The van der Waals surface area contributed by atoms with Gasteiger partial charge in [0, 0.05) is 35.0 Å². The van der Waals surface area contributed by atoms with Gasteiger partial charge in [-0.05, 0) is 41.8 Å². The second-order valence-corrected chi connectivity index (χ2v) is 5.21. The van der Waals surface area contributed by atoms with Crippen LogP contribution in [0.4, 0.5) is 0 Å². The van der Waals surface area contributed by atoms with Crippen LogP contribution in [0, 0.1) is 0 Å². The lowest BCUT2D eigenvalue weighted by atomic mass is 10.0. The fraction of sp³-hybridized carbons (Fsp3) is 0.267. The maximum atomic E-state index is 6.25. The van der Waals surface area contributed by atoms with Gasteiger partial charge in [0.15, 0.2) is 0 Å². The average molecular weight is 295 g/mol. The Labute approximate surface area is 123 Å². The predicted octanol–water partition coefficient (Wildman–Crippen LogP) is 4.63. The van der Waals surface area contributed by atoms with Crippen molar-refractivity contribution in [3.8, 4) is 0 Å². The molecule has 0 aliphatic rings. The van der Waals surface area contributed by atoms with Crippen LogP contribution in [0.5, 0.6) is 0 Å². The van der Waals surface area contributed by atoms with Crippen LogP contribution in [-0.4, -0.2) is 4.98 Å². The van der Waals surface area contributed by atoms with E-state index in [1.807, 2.05) is 24.3 Å². The van der Waals surface area contributed by atoms with E-state index in [0.717, 1.165) is 18.5 Å². The first kappa shape index (κ1) is 14.3. The van der Waals surface area contributed by atoms with E-state index in [9.17, 15) is 0 Å². The number of pyridine rings is 1. The van der Waals surface area contributed by atoms with Crippen LogP contribution in [0.15, 0.2) is 42.7 Å². The molecule has 0 bridgehead atoms. The summed E-state index contributed by atoms with van der Waals surface area (Å²) in [6, 6.07) is 9.87. The van der Waals surface area contributed by atoms with Crippen molar-refractivity contribution in [2.45, 2.75) is 25.9 Å². The standard InChI is InChI=1S/C15H16Cl2N2/c1-2-15(13-4-3-12(16)9-14(13)17)19-10-11-5-7-18-8-6-11/h3-9,15,19H,2,10H2,1H3. The van der Waals surface area contributed by atoms with Gasteiger partial charge in [-0.3, -0.25) is 4.98 Å². The van der Waals surface area contributed by atoms with E-state index < -0.39 is 0 Å². The Morgan fingerprint density at radius 1 is 1.16 bits per heavy atom. The van der Waals surface area contributed by atoms with Crippen molar-refractivity contribution in [3.63, 3.8) is 0 Å². The highest BCUT2D eigenvalue weighted by Crippen LogP contribution is 2.28. The molecule has 0 radical (unpaired) electrons. The van der Waals surface area contributed by atoms with Crippen LogP contribution in [0.3, 0.4) is 0 Å². The molecule has 0 aliphatic heterocycles. The number of hydrogen-bond donors (Lipinski definition) is 1. The number of nitrogens with one attached hydrogen (secondary N) is 1. The monoisotopic (exact) mass is 294 g/mol. The fourth-order valence-corrected chi connectivity index (χ4v) is 2.54. The third kappa shape index (κ3) is 3.93.